The summed E-state index contributed by atoms with van der Waals surface area (Å²) in [6.07, 6.45) is 0. The van der Waals surface area contributed by atoms with Gasteiger partial charge in [0.1, 0.15) is 11.3 Å². The van der Waals surface area contributed by atoms with Crippen molar-refractivity contribution in [1.82, 2.24) is 0 Å². The molecule has 1 aromatic carbocycles. The van der Waals surface area contributed by atoms with Gasteiger partial charge in [-0.1, -0.05) is 5.11 Å². The summed E-state index contributed by atoms with van der Waals surface area (Å²) in [5.74, 6) is 0.0805. The Bertz CT molecular complexity index is 688. The SMILES string of the molecule is CC(=O)OOc1ccc(CO)c2oc(CN=[N+]=[N-])cc12. The Labute approximate surface area is 113 Å². The van der Waals surface area contributed by atoms with Gasteiger partial charge in [-0.05, 0) is 23.7 Å². The van der Waals surface area contributed by atoms with Gasteiger partial charge < -0.3 is 9.52 Å². The second-order valence-corrected chi connectivity index (χ2v) is 3.88. The fourth-order valence-electron chi connectivity index (χ4n) is 1.69. The Kier molecular flexibility index (Phi) is 4.09. The summed E-state index contributed by atoms with van der Waals surface area (Å²) in [4.78, 5) is 22.8. The predicted octanol–water partition coefficient (Wildman–Crippen LogP) is 2.59. The summed E-state index contributed by atoms with van der Waals surface area (Å²) in [5, 5.41) is 13.2. The highest BCUT2D eigenvalue weighted by Crippen LogP contribution is 2.32. The van der Waals surface area contributed by atoms with Crippen LogP contribution in [0.15, 0.2) is 27.7 Å². The molecule has 0 saturated heterocycles. The van der Waals surface area contributed by atoms with Crippen LogP contribution in [0.25, 0.3) is 21.4 Å². The molecule has 20 heavy (non-hydrogen) atoms. The molecule has 1 heterocycles. The van der Waals surface area contributed by atoms with Crippen molar-refractivity contribution in [3.05, 3.63) is 40.0 Å². The van der Waals surface area contributed by atoms with Crippen LogP contribution < -0.4 is 4.89 Å². The molecule has 0 aliphatic carbocycles. The van der Waals surface area contributed by atoms with Crippen molar-refractivity contribution in [3.8, 4) is 5.75 Å². The number of nitrogens with zero attached hydrogens (tertiary/aromatic N) is 3. The van der Waals surface area contributed by atoms with Gasteiger partial charge in [0.2, 0.25) is 0 Å². The molecule has 0 aliphatic heterocycles. The van der Waals surface area contributed by atoms with Crippen LogP contribution in [0.1, 0.15) is 18.2 Å². The number of benzene rings is 1. The molecule has 2 rings (SSSR count). The van der Waals surface area contributed by atoms with Crippen molar-refractivity contribution < 1.29 is 24.1 Å². The molecule has 0 fully saturated rings. The van der Waals surface area contributed by atoms with Crippen LogP contribution in [0.2, 0.25) is 0 Å². The third kappa shape index (κ3) is 2.82. The van der Waals surface area contributed by atoms with Gasteiger partial charge in [-0.3, -0.25) is 9.78 Å². The first kappa shape index (κ1) is 13.7. The fourth-order valence-corrected chi connectivity index (χ4v) is 1.69. The van der Waals surface area contributed by atoms with Gasteiger partial charge in [-0.15, -0.1) is 0 Å². The normalized spacial score (nSPS) is 10.1. The van der Waals surface area contributed by atoms with E-state index in [2.05, 4.69) is 14.9 Å². The average molecular weight is 277 g/mol. The maximum absolute atomic E-state index is 10.8. The minimum Gasteiger partial charge on any atom is -0.460 e. The molecule has 0 saturated carbocycles. The molecule has 8 heteroatoms. The Morgan fingerprint density at radius 3 is 3.00 bits per heavy atom. The van der Waals surface area contributed by atoms with Crippen LogP contribution in [0.5, 0.6) is 5.75 Å². The van der Waals surface area contributed by atoms with E-state index in [1.807, 2.05) is 0 Å². The maximum Gasteiger partial charge on any atom is 0.352 e. The van der Waals surface area contributed by atoms with E-state index in [4.69, 9.17) is 14.8 Å². The molecule has 0 spiro atoms. The van der Waals surface area contributed by atoms with E-state index in [1.54, 1.807) is 18.2 Å². The Hall–Kier alpha value is -2.70. The van der Waals surface area contributed by atoms with E-state index in [-0.39, 0.29) is 18.9 Å². The van der Waals surface area contributed by atoms with Gasteiger partial charge in [-0.2, -0.15) is 0 Å². The maximum atomic E-state index is 10.8. The molecule has 0 bridgehead atoms. The summed E-state index contributed by atoms with van der Waals surface area (Å²) in [5.41, 5.74) is 9.23. The minimum atomic E-state index is -0.595. The average Bonchev–Trinajstić information content (AvgIpc) is 2.86. The highest BCUT2D eigenvalue weighted by atomic mass is 17.2. The smallest absolute Gasteiger partial charge is 0.352 e. The molecule has 0 radical (unpaired) electrons. The standard InChI is InChI=1S/C12H11N3O5/c1-7(17)19-20-11-3-2-8(6-16)12-10(11)4-9(18-12)5-14-15-13/h2-4,16H,5-6H2,1H3. The molecule has 0 unspecified atom stereocenters. The Morgan fingerprint density at radius 1 is 1.55 bits per heavy atom. The highest BCUT2D eigenvalue weighted by Gasteiger charge is 2.14. The molecule has 0 aliphatic rings. The number of aliphatic hydroxyl groups excluding tert-OH is 1. The Balaban J connectivity index is 2.45. The van der Waals surface area contributed by atoms with E-state index in [0.717, 1.165) is 0 Å². The van der Waals surface area contributed by atoms with Crippen LogP contribution in [-0.4, -0.2) is 11.1 Å². The van der Waals surface area contributed by atoms with Gasteiger partial charge in [0.25, 0.3) is 0 Å². The third-order valence-corrected chi connectivity index (χ3v) is 2.49. The first-order valence-corrected chi connectivity index (χ1v) is 5.66. The van der Waals surface area contributed by atoms with Gasteiger partial charge in [0.05, 0.1) is 18.5 Å². The van der Waals surface area contributed by atoms with Crippen molar-refractivity contribution in [2.24, 2.45) is 5.11 Å². The summed E-state index contributed by atoms with van der Waals surface area (Å²) >= 11 is 0. The van der Waals surface area contributed by atoms with Crippen LogP contribution in [0.3, 0.4) is 0 Å². The molecule has 2 aromatic rings. The monoisotopic (exact) mass is 277 g/mol. The number of carbonyl (C=O) groups is 1. The third-order valence-electron chi connectivity index (χ3n) is 2.49. The predicted molar refractivity (Wildman–Crippen MR) is 67.4 cm³/mol. The lowest BCUT2D eigenvalue weighted by Crippen LogP contribution is -2.03. The second kappa shape index (κ2) is 5.96. The van der Waals surface area contributed by atoms with E-state index in [0.29, 0.717) is 22.3 Å². The quantitative estimate of drug-likeness (QED) is 0.296. The molecule has 0 amide bonds. The van der Waals surface area contributed by atoms with E-state index in [9.17, 15) is 9.90 Å². The van der Waals surface area contributed by atoms with E-state index < -0.39 is 5.97 Å². The van der Waals surface area contributed by atoms with Crippen molar-refractivity contribution in [2.45, 2.75) is 20.1 Å². The Morgan fingerprint density at radius 2 is 2.35 bits per heavy atom. The van der Waals surface area contributed by atoms with Crippen molar-refractivity contribution in [1.29, 1.82) is 0 Å². The molecule has 1 N–H and O–H groups in total. The molecular formula is C12H11N3O5. The zero-order chi connectivity index (χ0) is 14.5. The topological polar surface area (TPSA) is 118 Å². The first-order valence-electron chi connectivity index (χ1n) is 5.66. The summed E-state index contributed by atoms with van der Waals surface area (Å²) in [7, 11) is 0. The molecule has 0 atom stereocenters. The van der Waals surface area contributed by atoms with Gasteiger partial charge in [0, 0.05) is 17.4 Å². The lowest BCUT2D eigenvalue weighted by Gasteiger charge is -2.04. The summed E-state index contributed by atoms with van der Waals surface area (Å²) in [6, 6.07) is 4.73. The molecular weight excluding hydrogens is 266 g/mol. The van der Waals surface area contributed by atoms with Crippen LogP contribution in [-0.2, 0) is 22.8 Å². The zero-order valence-corrected chi connectivity index (χ0v) is 10.6. The van der Waals surface area contributed by atoms with E-state index >= 15 is 0 Å². The minimum absolute atomic E-state index is 0.0308. The van der Waals surface area contributed by atoms with Crippen molar-refractivity contribution >= 4 is 16.9 Å². The van der Waals surface area contributed by atoms with Gasteiger partial charge in [-0.25, -0.2) is 4.79 Å². The number of furan rings is 1. The number of fused-ring (bicyclic) bond motifs is 1. The number of azide groups is 1. The van der Waals surface area contributed by atoms with Gasteiger partial charge >= 0.3 is 5.97 Å². The highest BCUT2D eigenvalue weighted by molar-refractivity contribution is 5.87. The fraction of sp³-hybridized carbons (Fsp3) is 0.250. The summed E-state index contributed by atoms with van der Waals surface area (Å²) in [6.45, 7) is 1.02. The molecule has 104 valence electrons. The lowest BCUT2D eigenvalue weighted by molar-refractivity contribution is -0.210. The first-order chi connectivity index (χ1) is 9.65. The largest absolute Gasteiger partial charge is 0.460 e. The second-order valence-electron chi connectivity index (χ2n) is 3.88. The van der Waals surface area contributed by atoms with Crippen molar-refractivity contribution in [2.75, 3.05) is 0 Å². The number of rotatable bonds is 5. The zero-order valence-electron chi connectivity index (χ0n) is 10.6. The number of hydrogen-bond donors (Lipinski definition) is 1. The number of aliphatic hydroxyl groups is 1. The lowest BCUT2D eigenvalue weighted by atomic mass is 10.1. The van der Waals surface area contributed by atoms with Crippen LogP contribution >= 0.6 is 0 Å². The molecule has 8 nitrogen and oxygen atoms in total. The van der Waals surface area contributed by atoms with Crippen molar-refractivity contribution in [3.63, 3.8) is 0 Å². The van der Waals surface area contributed by atoms with E-state index in [1.165, 1.54) is 6.92 Å². The number of carbonyl (C=O) groups excluding carboxylic acids is 1. The van der Waals surface area contributed by atoms with Crippen LogP contribution in [0.4, 0.5) is 0 Å². The van der Waals surface area contributed by atoms with Gasteiger partial charge in [0.15, 0.2) is 5.75 Å². The summed E-state index contributed by atoms with van der Waals surface area (Å²) < 4.78 is 5.49. The molecule has 1 aromatic heterocycles. The number of hydrogen-bond acceptors (Lipinski definition) is 6. The van der Waals surface area contributed by atoms with Crippen LogP contribution in [0, 0.1) is 0 Å².